The normalized spacial score (nSPS) is 29.6. The van der Waals surface area contributed by atoms with Crippen molar-refractivity contribution in [3.8, 4) is 6.07 Å². The molecule has 2 rings (SSSR count). The first-order valence-electron chi connectivity index (χ1n) is 4.90. The monoisotopic (exact) mass is 205 g/mol. The van der Waals surface area contributed by atoms with Crippen molar-refractivity contribution >= 4 is 11.6 Å². The van der Waals surface area contributed by atoms with Crippen LogP contribution in [0.3, 0.4) is 0 Å². The third-order valence-corrected chi connectivity index (χ3v) is 3.37. The number of halogens is 1. The van der Waals surface area contributed by atoms with Gasteiger partial charge in [0.15, 0.2) is 0 Å². The maximum atomic E-state index is 9.21. The Morgan fingerprint density at radius 3 is 2.93 bits per heavy atom. The molecule has 0 N–H and O–H groups in total. The number of nitrogens with zero attached hydrogens (tertiary/aromatic N) is 1. The van der Waals surface area contributed by atoms with Crippen LogP contribution in [0.15, 0.2) is 24.3 Å². The maximum Gasteiger partial charge on any atom is 0.0854 e. The Labute approximate surface area is 89.3 Å². The zero-order valence-corrected chi connectivity index (χ0v) is 8.88. The van der Waals surface area contributed by atoms with E-state index in [2.05, 4.69) is 13.0 Å². The fraction of sp³-hybridized carbons (Fsp3) is 0.417. The SMILES string of the molecule is CCC1CC1(C#N)c1cccc(Cl)c1. The van der Waals surface area contributed by atoms with Crippen molar-refractivity contribution in [3.05, 3.63) is 34.9 Å². The smallest absolute Gasteiger partial charge is 0.0854 e. The van der Waals surface area contributed by atoms with Gasteiger partial charge in [0.2, 0.25) is 0 Å². The molecule has 0 aliphatic heterocycles. The first-order chi connectivity index (χ1) is 6.73. The summed E-state index contributed by atoms with van der Waals surface area (Å²) in [6.45, 7) is 2.13. The third kappa shape index (κ3) is 1.31. The molecule has 1 aromatic carbocycles. The zero-order valence-electron chi connectivity index (χ0n) is 8.13. The molecule has 1 aliphatic rings. The van der Waals surface area contributed by atoms with Crippen LogP contribution in [0.1, 0.15) is 25.3 Å². The molecule has 72 valence electrons. The average molecular weight is 206 g/mol. The van der Waals surface area contributed by atoms with Crippen molar-refractivity contribution in [2.75, 3.05) is 0 Å². The summed E-state index contributed by atoms with van der Waals surface area (Å²) in [4.78, 5) is 0. The highest BCUT2D eigenvalue weighted by Crippen LogP contribution is 2.55. The molecule has 1 saturated carbocycles. The summed E-state index contributed by atoms with van der Waals surface area (Å²) in [5, 5.41) is 9.93. The summed E-state index contributed by atoms with van der Waals surface area (Å²) < 4.78 is 0. The lowest BCUT2D eigenvalue weighted by molar-refractivity contribution is 0.701. The Morgan fingerprint density at radius 1 is 1.64 bits per heavy atom. The highest BCUT2D eigenvalue weighted by Gasteiger charge is 2.54. The Balaban J connectivity index is 2.36. The fourth-order valence-corrected chi connectivity index (χ4v) is 2.33. The van der Waals surface area contributed by atoms with Gasteiger partial charge in [0, 0.05) is 5.02 Å². The van der Waals surface area contributed by atoms with E-state index in [1.807, 2.05) is 24.3 Å². The highest BCUT2D eigenvalue weighted by atomic mass is 35.5. The van der Waals surface area contributed by atoms with Gasteiger partial charge < -0.3 is 0 Å². The predicted octanol–water partition coefficient (Wildman–Crippen LogP) is 3.53. The molecule has 1 aromatic rings. The molecule has 2 atom stereocenters. The van der Waals surface area contributed by atoms with Crippen LogP contribution in [0, 0.1) is 17.2 Å². The molecule has 0 aromatic heterocycles. The summed E-state index contributed by atoms with van der Waals surface area (Å²) in [5.74, 6) is 0.519. The molecule has 0 spiro atoms. The minimum absolute atomic E-state index is 0.236. The summed E-state index contributed by atoms with van der Waals surface area (Å²) in [6, 6.07) is 10.1. The van der Waals surface area contributed by atoms with Gasteiger partial charge in [0.05, 0.1) is 11.5 Å². The van der Waals surface area contributed by atoms with Crippen LogP contribution < -0.4 is 0 Å². The van der Waals surface area contributed by atoms with Gasteiger partial charge in [-0.05, 0) is 30.0 Å². The van der Waals surface area contributed by atoms with Gasteiger partial charge in [-0.25, -0.2) is 0 Å². The molecule has 1 nitrogen and oxygen atoms in total. The summed E-state index contributed by atoms with van der Waals surface area (Å²) >= 11 is 5.92. The van der Waals surface area contributed by atoms with Gasteiger partial charge in [-0.1, -0.05) is 37.1 Å². The first kappa shape index (κ1) is 9.55. The number of nitriles is 1. The largest absolute Gasteiger partial charge is 0.197 e. The van der Waals surface area contributed by atoms with Gasteiger partial charge in [0.1, 0.15) is 0 Å². The van der Waals surface area contributed by atoms with Gasteiger partial charge in [0.25, 0.3) is 0 Å². The fourth-order valence-electron chi connectivity index (χ4n) is 2.14. The molecule has 14 heavy (non-hydrogen) atoms. The van der Waals surface area contributed by atoms with Crippen molar-refractivity contribution in [3.63, 3.8) is 0 Å². The van der Waals surface area contributed by atoms with Crippen LogP contribution in [-0.4, -0.2) is 0 Å². The van der Waals surface area contributed by atoms with E-state index in [9.17, 15) is 5.26 Å². The molecule has 2 unspecified atom stereocenters. The van der Waals surface area contributed by atoms with Crippen molar-refractivity contribution < 1.29 is 0 Å². The number of hydrogen-bond acceptors (Lipinski definition) is 1. The minimum atomic E-state index is -0.236. The van der Waals surface area contributed by atoms with E-state index in [-0.39, 0.29) is 5.41 Å². The molecular formula is C12H12ClN. The van der Waals surface area contributed by atoms with E-state index < -0.39 is 0 Å². The van der Waals surface area contributed by atoms with Gasteiger partial charge >= 0.3 is 0 Å². The average Bonchev–Trinajstić information content (AvgIpc) is 2.93. The second-order valence-electron chi connectivity index (χ2n) is 3.90. The van der Waals surface area contributed by atoms with Gasteiger partial charge in [-0.2, -0.15) is 5.26 Å². The topological polar surface area (TPSA) is 23.8 Å². The van der Waals surface area contributed by atoms with Crippen molar-refractivity contribution in [2.24, 2.45) is 5.92 Å². The number of benzene rings is 1. The van der Waals surface area contributed by atoms with Crippen LogP contribution in [0.25, 0.3) is 0 Å². The number of rotatable bonds is 2. The molecule has 0 radical (unpaired) electrons. The van der Waals surface area contributed by atoms with E-state index in [0.29, 0.717) is 5.92 Å². The Morgan fingerprint density at radius 2 is 2.43 bits per heavy atom. The quantitative estimate of drug-likeness (QED) is 0.725. The van der Waals surface area contributed by atoms with Crippen LogP contribution in [0.5, 0.6) is 0 Å². The lowest BCUT2D eigenvalue weighted by Crippen LogP contribution is -2.06. The van der Waals surface area contributed by atoms with E-state index in [0.717, 1.165) is 23.4 Å². The lowest BCUT2D eigenvalue weighted by atomic mass is 9.94. The highest BCUT2D eigenvalue weighted by molar-refractivity contribution is 6.30. The molecule has 0 bridgehead atoms. The number of hydrogen-bond donors (Lipinski definition) is 0. The Bertz CT molecular complexity index is 394. The van der Waals surface area contributed by atoms with Crippen LogP contribution in [0.4, 0.5) is 0 Å². The molecular weight excluding hydrogens is 194 g/mol. The van der Waals surface area contributed by atoms with E-state index in [4.69, 9.17) is 11.6 Å². The molecule has 0 heterocycles. The molecule has 1 fully saturated rings. The summed E-state index contributed by atoms with van der Waals surface area (Å²) in [7, 11) is 0. The standard InChI is InChI=1S/C12H12ClN/c1-2-9-7-12(9,8-14)10-4-3-5-11(13)6-10/h3-6,9H,2,7H2,1H3. The Hall–Kier alpha value is -1.00. The predicted molar refractivity (Wildman–Crippen MR) is 57.1 cm³/mol. The van der Waals surface area contributed by atoms with Crippen molar-refractivity contribution in [1.82, 2.24) is 0 Å². The summed E-state index contributed by atoms with van der Waals surface area (Å²) in [6.07, 6.45) is 2.06. The molecule has 0 amide bonds. The summed E-state index contributed by atoms with van der Waals surface area (Å²) in [5.41, 5.74) is 0.846. The zero-order chi connectivity index (χ0) is 10.2. The van der Waals surface area contributed by atoms with Crippen LogP contribution in [0.2, 0.25) is 5.02 Å². The van der Waals surface area contributed by atoms with Gasteiger partial charge in [-0.3, -0.25) is 0 Å². The second kappa shape index (κ2) is 3.29. The first-order valence-corrected chi connectivity index (χ1v) is 5.28. The maximum absolute atomic E-state index is 9.21. The van der Waals surface area contributed by atoms with Crippen LogP contribution in [-0.2, 0) is 5.41 Å². The van der Waals surface area contributed by atoms with E-state index in [1.54, 1.807) is 0 Å². The van der Waals surface area contributed by atoms with E-state index >= 15 is 0 Å². The van der Waals surface area contributed by atoms with Crippen LogP contribution >= 0.6 is 11.6 Å². The Kier molecular flexibility index (Phi) is 2.25. The van der Waals surface area contributed by atoms with Crippen molar-refractivity contribution in [2.45, 2.75) is 25.2 Å². The van der Waals surface area contributed by atoms with E-state index in [1.165, 1.54) is 0 Å². The minimum Gasteiger partial charge on any atom is -0.197 e. The second-order valence-corrected chi connectivity index (χ2v) is 4.34. The molecule has 1 aliphatic carbocycles. The third-order valence-electron chi connectivity index (χ3n) is 3.14. The van der Waals surface area contributed by atoms with Crippen molar-refractivity contribution in [1.29, 1.82) is 5.26 Å². The molecule has 0 saturated heterocycles. The van der Waals surface area contributed by atoms with Gasteiger partial charge in [-0.15, -0.1) is 0 Å². The lowest BCUT2D eigenvalue weighted by Gasteiger charge is -2.08. The molecule has 2 heteroatoms.